The standard InChI is InChI=1S/C9H17NO4Si/c1-8-5-10-3-4-12-15(2,13-8)14-9(6-10)7-11/h7-9H,3-6H2,1-2H3. The Morgan fingerprint density at radius 3 is 2.93 bits per heavy atom. The minimum absolute atomic E-state index is 0.106. The predicted molar refractivity (Wildman–Crippen MR) is 55.5 cm³/mol. The maximum Gasteiger partial charge on any atom is 0.498 e. The van der Waals surface area contributed by atoms with Crippen molar-refractivity contribution < 1.29 is 18.1 Å². The highest BCUT2D eigenvalue weighted by Gasteiger charge is 2.43. The Kier molecular flexibility index (Phi) is 3.22. The molecule has 0 aliphatic carbocycles. The van der Waals surface area contributed by atoms with Crippen LogP contribution < -0.4 is 0 Å². The van der Waals surface area contributed by atoms with Crippen LogP contribution >= 0.6 is 0 Å². The van der Waals surface area contributed by atoms with Gasteiger partial charge >= 0.3 is 8.80 Å². The van der Waals surface area contributed by atoms with Gasteiger partial charge in [-0.25, -0.2) is 0 Å². The Bertz CT molecular complexity index is 252. The molecule has 0 amide bonds. The second kappa shape index (κ2) is 4.30. The summed E-state index contributed by atoms with van der Waals surface area (Å²) in [5, 5.41) is 0. The highest BCUT2D eigenvalue weighted by molar-refractivity contribution is 6.59. The maximum absolute atomic E-state index is 10.8. The van der Waals surface area contributed by atoms with Crippen LogP contribution in [0.15, 0.2) is 0 Å². The van der Waals surface area contributed by atoms with Gasteiger partial charge in [-0.3, -0.25) is 4.90 Å². The van der Waals surface area contributed by atoms with Gasteiger partial charge in [-0.2, -0.15) is 0 Å². The Hall–Kier alpha value is -0.273. The smallest absolute Gasteiger partial charge is 0.372 e. The molecule has 3 fully saturated rings. The lowest BCUT2D eigenvalue weighted by atomic mass is 10.3. The normalized spacial score (nSPS) is 46.7. The lowest BCUT2D eigenvalue weighted by Crippen LogP contribution is -2.58. The zero-order valence-electron chi connectivity index (χ0n) is 9.14. The van der Waals surface area contributed by atoms with Crippen molar-refractivity contribution in [1.29, 1.82) is 0 Å². The molecule has 2 bridgehead atoms. The van der Waals surface area contributed by atoms with Gasteiger partial charge in [-0.1, -0.05) is 0 Å². The molecule has 3 aliphatic rings. The van der Waals surface area contributed by atoms with Crippen molar-refractivity contribution >= 4 is 15.1 Å². The lowest BCUT2D eigenvalue weighted by molar-refractivity contribution is -0.122. The summed E-state index contributed by atoms with van der Waals surface area (Å²) in [5.74, 6) is 0. The average Bonchev–Trinajstić information content (AvgIpc) is 2.10. The number of carbonyl (C=O) groups is 1. The Balaban J connectivity index is 2.18. The molecule has 0 aromatic heterocycles. The van der Waals surface area contributed by atoms with Crippen molar-refractivity contribution in [3.8, 4) is 0 Å². The SMILES string of the molecule is CC1CN2CCO[Si](C)(O1)OC(C=O)C2. The molecule has 0 aromatic carbocycles. The molecule has 3 rings (SSSR count). The van der Waals surface area contributed by atoms with Crippen LogP contribution in [-0.2, 0) is 18.1 Å². The van der Waals surface area contributed by atoms with Crippen LogP contribution in [0.2, 0.25) is 6.55 Å². The molecular weight excluding hydrogens is 214 g/mol. The summed E-state index contributed by atoms with van der Waals surface area (Å²) in [7, 11) is -2.59. The molecular formula is C9H17NO4Si. The fraction of sp³-hybridized carbons (Fsp3) is 0.889. The summed E-state index contributed by atoms with van der Waals surface area (Å²) in [5.41, 5.74) is 0. The first-order chi connectivity index (χ1) is 7.11. The van der Waals surface area contributed by atoms with Crippen LogP contribution in [0.3, 0.4) is 0 Å². The van der Waals surface area contributed by atoms with Crippen LogP contribution in [0.5, 0.6) is 0 Å². The largest absolute Gasteiger partial charge is 0.498 e. The number of hydrogen-bond donors (Lipinski definition) is 0. The highest BCUT2D eigenvalue weighted by Crippen LogP contribution is 2.21. The van der Waals surface area contributed by atoms with Crippen molar-refractivity contribution in [3.05, 3.63) is 0 Å². The van der Waals surface area contributed by atoms with Gasteiger partial charge in [0.25, 0.3) is 0 Å². The predicted octanol–water partition coefficient (Wildman–Crippen LogP) is -0.110. The number of fused-ring (bicyclic) bond motifs is 6. The molecule has 0 N–H and O–H groups in total. The summed E-state index contributed by atoms with van der Waals surface area (Å²) < 4.78 is 17.1. The van der Waals surface area contributed by atoms with Gasteiger partial charge < -0.3 is 18.1 Å². The van der Waals surface area contributed by atoms with E-state index in [1.54, 1.807) is 0 Å². The fourth-order valence-electron chi connectivity index (χ4n) is 2.12. The first-order valence-electron chi connectivity index (χ1n) is 5.28. The molecule has 3 saturated heterocycles. The lowest BCUT2D eigenvalue weighted by Gasteiger charge is -2.41. The van der Waals surface area contributed by atoms with E-state index in [2.05, 4.69) is 4.90 Å². The van der Waals surface area contributed by atoms with E-state index in [0.717, 1.165) is 19.4 Å². The summed E-state index contributed by atoms with van der Waals surface area (Å²) in [4.78, 5) is 13.0. The van der Waals surface area contributed by atoms with Crippen molar-refractivity contribution in [1.82, 2.24) is 4.90 Å². The molecule has 15 heavy (non-hydrogen) atoms. The van der Waals surface area contributed by atoms with Crippen LogP contribution in [0.4, 0.5) is 0 Å². The van der Waals surface area contributed by atoms with Gasteiger partial charge in [0, 0.05) is 26.2 Å². The first kappa shape index (κ1) is 11.2. The van der Waals surface area contributed by atoms with E-state index < -0.39 is 14.9 Å². The van der Waals surface area contributed by atoms with Crippen molar-refractivity contribution in [2.45, 2.75) is 25.7 Å². The molecule has 3 aliphatic heterocycles. The molecule has 0 aromatic rings. The van der Waals surface area contributed by atoms with Gasteiger partial charge in [-0.15, -0.1) is 0 Å². The zero-order chi connectivity index (χ0) is 10.9. The minimum Gasteiger partial charge on any atom is -0.372 e. The first-order valence-corrected chi connectivity index (χ1v) is 7.51. The van der Waals surface area contributed by atoms with Crippen LogP contribution in [0.25, 0.3) is 0 Å². The van der Waals surface area contributed by atoms with E-state index in [0.29, 0.717) is 13.2 Å². The van der Waals surface area contributed by atoms with Crippen molar-refractivity contribution in [3.63, 3.8) is 0 Å². The molecule has 4 unspecified atom stereocenters. The third-order valence-electron chi connectivity index (χ3n) is 2.66. The third kappa shape index (κ3) is 2.64. The van der Waals surface area contributed by atoms with E-state index in [1.807, 2.05) is 13.5 Å². The number of rotatable bonds is 1. The van der Waals surface area contributed by atoms with Crippen LogP contribution in [0, 0.1) is 0 Å². The molecule has 0 saturated carbocycles. The molecule has 6 heteroatoms. The molecule has 3 heterocycles. The Morgan fingerprint density at radius 2 is 2.20 bits per heavy atom. The topological polar surface area (TPSA) is 48.0 Å². The molecule has 86 valence electrons. The van der Waals surface area contributed by atoms with E-state index in [4.69, 9.17) is 13.3 Å². The van der Waals surface area contributed by atoms with E-state index >= 15 is 0 Å². The molecule has 4 atom stereocenters. The maximum atomic E-state index is 10.8. The molecule has 5 nitrogen and oxygen atoms in total. The van der Waals surface area contributed by atoms with Gasteiger partial charge in [0.05, 0.1) is 12.7 Å². The van der Waals surface area contributed by atoms with Gasteiger partial charge in [-0.05, 0) is 6.92 Å². The van der Waals surface area contributed by atoms with E-state index in [9.17, 15) is 4.79 Å². The zero-order valence-corrected chi connectivity index (χ0v) is 10.1. The van der Waals surface area contributed by atoms with Crippen molar-refractivity contribution in [2.75, 3.05) is 26.2 Å². The summed E-state index contributed by atoms with van der Waals surface area (Å²) >= 11 is 0. The molecule has 0 spiro atoms. The average molecular weight is 231 g/mol. The Labute approximate surface area is 90.7 Å². The second-order valence-corrected chi connectivity index (χ2v) is 6.68. The van der Waals surface area contributed by atoms with Crippen LogP contribution in [-0.4, -0.2) is 58.4 Å². The highest BCUT2D eigenvalue weighted by atomic mass is 28.4. The van der Waals surface area contributed by atoms with Crippen molar-refractivity contribution in [2.24, 2.45) is 0 Å². The quantitative estimate of drug-likeness (QED) is 0.465. The second-order valence-electron chi connectivity index (χ2n) is 4.19. The molecule has 0 radical (unpaired) electrons. The fourth-order valence-corrected chi connectivity index (χ4v) is 4.26. The van der Waals surface area contributed by atoms with Gasteiger partial charge in [0.2, 0.25) is 0 Å². The summed E-state index contributed by atoms with van der Waals surface area (Å²) in [6.07, 6.45) is 0.538. The van der Waals surface area contributed by atoms with E-state index in [-0.39, 0.29) is 6.10 Å². The third-order valence-corrected chi connectivity index (χ3v) is 4.95. The minimum atomic E-state index is -2.59. The van der Waals surface area contributed by atoms with Gasteiger partial charge in [0.1, 0.15) is 12.4 Å². The number of carbonyl (C=O) groups excluding carboxylic acids is 1. The Morgan fingerprint density at radius 1 is 1.40 bits per heavy atom. The number of aldehydes is 1. The van der Waals surface area contributed by atoms with E-state index in [1.165, 1.54) is 0 Å². The van der Waals surface area contributed by atoms with Gasteiger partial charge in [0.15, 0.2) is 0 Å². The summed E-state index contributed by atoms with van der Waals surface area (Å²) in [6.45, 7) is 6.85. The number of nitrogens with zero attached hydrogens (tertiary/aromatic N) is 1. The number of hydrogen-bond acceptors (Lipinski definition) is 5. The monoisotopic (exact) mass is 231 g/mol. The van der Waals surface area contributed by atoms with Crippen LogP contribution in [0.1, 0.15) is 6.92 Å². The summed E-state index contributed by atoms with van der Waals surface area (Å²) in [6, 6.07) is 0.